The summed E-state index contributed by atoms with van der Waals surface area (Å²) in [4.78, 5) is 36.4. The highest BCUT2D eigenvalue weighted by Gasteiger charge is 2.30. The van der Waals surface area contributed by atoms with Crippen LogP contribution >= 0.6 is 0 Å². The summed E-state index contributed by atoms with van der Waals surface area (Å²) in [7, 11) is 0. The number of nitrogens with one attached hydrogen (secondary N) is 2. The molecule has 5 N–H and O–H groups in total. The third kappa shape index (κ3) is 7.78. The zero-order valence-electron chi connectivity index (χ0n) is 16.4. The van der Waals surface area contributed by atoms with Crippen LogP contribution in [-0.2, 0) is 20.8 Å². The number of carbonyl (C=O) groups is 3. The summed E-state index contributed by atoms with van der Waals surface area (Å²) in [6.45, 7) is 7.33. The molecule has 1 aromatic carbocycles. The van der Waals surface area contributed by atoms with Crippen LogP contribution in [0.5, 0.6) is 0 Å². The zero-order valence-corrected chi connectivity index (χ0v) is 16.4. The van der Waals surface area contributed by atoms with Gasteiger partial charge in [-0.2, -0.15) is 0 Å². The molecule has 3 unspecified atom stereocenters. The number of carboxylic acid groups (broad SMARTS) is 1. The van der Waals surface area contributed by atoms with Crippen molar-refractivity contribution in [2.24, 2.45) is 17.6 Å². The molecule has 7 heteroatoms. The van der Waals surface area contributed by atoms with Crippen LogP contribution in [0.3, 0.4) is 0 Å². The zero-order chi connectivity index (χ0) is 20.6. The average molecular weight is 377 g/mol. The predicted octanol–water partition coefficient (Wildman–Crippen LogP) is 1.31. The van der Waals surface area contributed by atoms with Gasteiger partial charge in [-0.05, 0) is 30.2 Å². The third-order valence-electron chi connectivity index (χ3n) is 4.20. The molecule has 1 aromatic rings. The van der Waals surface area contributed by atoms with Crippen LogP contribution in [0.15, 0.2) is 30.3 Å². The Morgan fingerprint density at radius 2 is 1.59 bits per heavy atom. The van der Waals surface area contributed by atoms with Gasteiger partial charge in [-0.15, -0.1) is 0 Å². The van der Waals surface area contributed by atoms with Gasteiger partial charge in [-0.1, -0.05) is 58.0 Å². The summed E-state index contributed by atoms with van der Waals surface area (Å²) in [5, 5.41) is 14.5. The molecule has 0 aliphatic heterocycles. The monoisotopic (exact) mass is 377 g/mol. The standard InChI is InChI=1S/C20H31N3O4/c1-12(2)10-16(20(26)27)22-19(25)17(13(3)4)23-18(24)15(21)11-14-8-6-5-7-9-14/h5-9,12-13,15-17H,10-11,21H2,1-4H3,(H,22,25)(H,23,24)(H,26,27). The first-order chi connectivity index (χ1) is 12.6. The number of amides is 2. The van der Waals surface area contributed by atoms with E-state index in [4.69, 9.17) is 5.73 Å². The Hall–Kier alpha value is -2.41. The first-order valence-electron chi connectivity index (χ1n) is 9.24. The van der Waals surface area contributed by atoms with Crippen molar-refractivity contribution in [3.63, 3.8) is 0 Å². The highest BCUT2D eigenvalue weighted by atomic mass is 16.4. The van der Waals surface area contributed by atoms with Gasteiger partial charge in [-0.25, -0.2) is 4.79 Å². The molecule has 0 aliphatic rings. The minimum absolute atomic E-state index is 0.109. The predicted molar refractivity (Wildman–Crippen MR) is 104 cm³/mol. The van der Waals surface area contributed by atoms with Gasteiger partial charge in [0.15, 0.2) is 0 Å². The van der Waals surface area contributed by atoms with E-state index in [-0.39, 0.29) is 11.8 Å². The van der Waals surface area contributed by atoms with Crippen LogP contribution < -0.4 is 16.4 Å². The highest BCUT2D eigenvalue weighted by Crippen LogP contribution is 2.09. The number of hydrogen-bond acceptors (Lipinski definition) is 4. The number of aliphatic carboxylic acids is 1. The van der Waals surface area contributed by atoms with E-state index in [1.165, 1.54) is 0 Å². The molecular weight excluding hydrogens is 346 g/mol. The summed E-state index contributed by atoms with van der Waals surface area (Å²) in [5.41, 5.74) is 6.90. The molecule has 0 bridgehead atoms. The quantitative estimate of drug-likeness (QED) is 0.490. The fourth-order valence-corrected chi connectivity index (χ4v) is 2.71. The van der Waals surface area contributed by atoms with E-state index >= 15 is 0 Å². The van der Waals surface area contributed by atoms with Crippen molar-refractivity contribution in [2.45, 2.75) is 58.7 Å². The van der Waals surface area contributed by atoms with E-state index in [9.17, 15) is 19.5 Å². The molecule has 1 rings (SSSR count). The van der Waals surface area contributed by atoms with Gasteiger partial charge in [-0.3, -0.25) is 9.59 Å². The molecule has 3 atom stereocenters. The summed E-state index contributed by atoms with van der Waals surface area (Å²) >= 11 is 0. The van der Waals surface area contributed by atoms with Crippen molar-refractivity contribution in [3.8, 4) is 0 Å². The number of nitrogens with two attached hydrogens (primary N) is 1. The van der Waals surface area contributed by atoms with Gasteiger partial charge in [0.1, 0.15) is 12.1 Å². The van der Waals surface area contributed by atoms with Gasteiger partial charge in [0.05, 0.1) is 6.04 Å². The van der Waals surface area contributed by atoms with Crippen molar-refractivity contribution in [1.82, 2.24) is 10.6 Å². The van der Waals surface area contributed by atoms with Crippen LogP contribution in [0.2, 0.25) is 0 Å². The minimum Gasteiger partial charge on any atom is -0.480 e. The molecule has 7 nitrogen and oxygen atoms in total. The summed E-state index contributed by atoms with van der Waals surface area (Å²) in [6, 6.07) is 6.72. The summed E-state index contributed by atoms with van der Waals surface area (Å²) in [5.74, 6) is -2.16. The van der Waals surface area contributed by atoms with Crippen molar-refractivity contribution in [1.29, 1.82) is 0 Å². The Labute approximate surface area is 160 Å². The van der Waals surface area contributed by atoms with Crippen molar-refractivity contribution >= 4 is 17.8 Å². The SMILES string of the molecule is CC(C)CC(NC(=O)C(NC(=O)C(N)Cc1ccccc1)C(C)C)C(=O)O. The van der Waals surface area contributed by atoms with E-state index in [2.05, 4.69) is 10.6 Å². The maximum atomic E-state index is 12.6. The maximum absolute atomic E-state index is 12.6. The molecule has 0 radical (unpaired) electrons. The van der Waals surface area contributed by atoms with Gasteiger partial charge in [0.25, 0.3) is 0 Å². The molecule has 0 saturated carbocycles. The van der Waals surface area contributed by atoms with Crippen LogP contribution in [0.4, 0.5) is 0 Å². The number of benzene rings is 1. The first kappa shape index (κ1) is 22.6. The lowest BCUT2D eigenvalue weighted by atomic mass is 9.99. The lowest BCUT2D eigenvalue weighted by Gasteiger charge is -2.26. The largest absolute Gasteiger partial charge is 0.480 e. The average Bonchev–Trinajstić information content (AvgIpc) is 2.58. The van der Waals surface area contributed by atoms with E-state index in [1.807, 2.05) is 44.2 Å². The van der Waals surface area contributed by atoms with Crippen molar-refractivity contribution in [2.75, 3.05) is 0 Å². The topological polar surface area (TPSA) is 122 Å². The lowest BCUT2D eigenvalue weighted by Crippen LogP contribution is -2.56. The fraction of sp³-hybridized carbons (Fsp3) is 0.550. The summed E-state index contributed by atoms with van der Waals surface area (Å²) < 4.78 is 0. The molecule has 0 aliphatic carbocycles. The smallest absolute Gasteiger partial charge is 0.326 e. The van der Waals surface area contributed by atoms with Crippen LogP contribution in [0.25, 0.3) is 0 Å². The van der Waals surface area contributed by atoms with E-state index in [0.29, 0.717) is 12.8 Å². The molecular formula is C20H31N3O4. The fourth-order valence-electron chi connectivity index (χ4n) is 2.71. The molecule has 0 saturated heterocycles. The van der Waals surface area contributed by atoms with E-state index in [0.717, 1.165) is 5.56 Å². The van der Waals surface area contributed by atoms with Gasteiger partial charge in [0, 0.05) is 0 Å². The number of rotatable bonds is 10. The van der Waals surface area contributed by atoms with Crippen molar-refractivity contribution in [3.05, 3.63) is 35.9 Å². The Balaban J connectivity index is 2.74. The Morgan fingerprint density at radius 1 is 1.00 bits per heavy atom. The van der Waals surface area contributed by atoms with Crippen LogP contribution in [-0.4, -0.2) is 41.0 Å². The van der Waals surface area contributed by atoms with Gasteiger partial charge in [0.2, 0.25) is 11.8 Å². The molecule has 0 fully saturated rings. The molecule has 0 spiro atoms. The third-order valence-corrected chi connectivity index (χ3v) is 4.20. The molecule has 0 heterocycles. The second-order valence-electron chi connectivity index (χ2n) is 7.56. The molecule has 0 aromatic heterocycles. The molecule has 27 heavy (non-hydrogen) atoms. The normalized spacial score (nSPS) is 14.5. The Morgan fingerprint density at radius 3 is 2.07 bits per heavy atom. The Kier molecular flexibility index (Phi) is 8.94. The lowest BCUT2D eigenvalue weighted by molar-refractivity contribution is -0.143. The number of hydrogen-bond donors (Lipinski definition) is 4. The first-order valence-corrected chi connectivity index (χ1v) is 9.24. The minimum atomic E-state index is -1.09. The molecule has 150 valence electrons. The second-order valence-corrected chi connectivity index (χ2v) is 7.56. The van der Waals surface area contributed by atoms with E-state index in [1.54, 1.807) is 13.8 Å². The summed E-state index contributed by atoms with van der Waals surface area (Å²) in [6.07, 6.45) is 0.664. The Bertz CT molecular complexity index is 631. The number of carboxylic acids is 1. The molecule has 2 amide bonds. The van der Waals surface area contributed by atoms with Crippen LogP contribution in [0.1, 0.15) is 39.7 Å². The van der Waals surface area contributed by atoms with Crippen LogP contribution in [0, 0.1) is 11.8 Å². The maximum Gasteiger partial charge on any atom is 0.326 e. The second kappa shape index (κ2) is 10.7. The highest BCUT2D eigenvalue weighted by molar-refractivity contribution is 5.92. The van der Waals surface area contributed by atoms with Crippen molar-refractivity contribution < 1.29 is 19.5 Å². The van der Waals surface area contributed by atoms with E-state index < -0.39 is 35.9 Å². The van der Waals surface area contributed by atoms with Gasteiger partial charge >= 0.3 is 5.97 Å². The van der Waals surface area contributed by atoms with Gasteiger partial charge < -0.3 is 21.5 Å². The number of carbonyl (C=O) groups excluding carboxylic acids is 2.